The Morgan fingerprint density at radius 2 is 1.96 bits per heavy atom. The summed E-state index contributed by atoms with van der Waals surface area (Å²) in [5.41, 5.74) is 1.47. The van der Waals surface area contributed by atoms with Crippen molar-refractivity contribution in [3.05, 3.63) is 36.4 Å². The van der Waals surface area contributed by atoms with Crippen molar-refractivity contribution in [2.45, 2.75) is 39.7 Å². The number of nitrogens with one attached hydrogen (secondary N) is 1. The van der Waals surface area contributed by atoms with Crippen molar-refractivity contribution in [3.63, 3.8) is 0 Å². The maximum absolute atomic E-state index is 12.4. The molecule has 3 amide bonds. The molecule has 0 saturated carbocycles. The minimum atomic E-state index is -0.188. The molecule has 1 aromatic rings. The minimum Gasteiger partial charge on any atom is -0.489 e. The van der Waals surface area contributed by atoms with E-state index in [1.807, 2.05) is 44.7 Å². The zero-order chi connectivity index (χ0) is 20.2. The number of amides is 3. The van der Waals surface area contributed by atoms with Gasteiger partial charge in [-0.3, -0.25) is 4.79 Å². The summed E-state index contributed by atoms with van der Waals surface area (Å²) in [7, 11) is 1.75. The maximum atomic E-state index is 12.4. The molecule has 1 aromatic carbocycles. The number of carbonyl (C=O) groups is 2. The van der Waals surface area contributed by atoms with Gasteiger partial charge in [0.15, 0.2) is 0 Å². The first-order valence-corrected chi connectivity index (χ1v) is 9.26. The fourth-order valence-electron chi connectivity index (χ4n) is 3.08. The fraction of sp³-hybridized carbons (Fsp3) is 0.524. The van der Waals surface area contributed by atoms with E-state index in [1.54, 1.807) is 24.1 Å². The van der Waals surface area contributed by atoms with E-state index in [4.69, 9.17) is 4.74 Å². The second-order valence-corrected chi connectivity index (χ2v) is 8.33. The SMILES string of the molecule is C=C(C)COc1ccc(NC(=O)N(C)C[C@H]2CC(=O)N(C(C)(C)C)C2)cc1. The predicted octanol–water partition coefficient (Wildman–Crippen LogP) is 3.75. The molecule has 0 unspecified atom stereocenters. The van der Waals surface area contributed by atoms with Crippen molar-refractivity contribution < 1.29 is 14.3 Å². The molecule has 1 atom stereocenters. The molecule has 0 aliphatic carbocycles. The third-order valence-corrected chi connectivity index (χ3v) is 4.48. The van der Waals surface area contributed by atoms with E-state index in [2.05, 4.69) is 11.9 Å². The van der Waals surface area contributed by atoms with Gasteiger partial charge >= 0.3 is 6.03 Å². The normalized spacial score (nSPS) is 17.0. The van der Waals surface area contributed by atoms with Crippen LogP contribution in [-0.4, -0.2) is 54.0 Å². The molecular weight excluding hydrogens is 342 g/mol. The van der Waals surface area contributed by atoms with Crippen LogP contribution in [-0.2, 0) is 4.79 Å². The third-order valence-electron chi connectivity index (χ3n) is 4.48. The van der Waals surface area contributed by atoms with Crippen LogP contribution in [0, 0.1) is 5.92 Å². The van der Waals surface area contributed by atoms with Crippen LogP contribution in [0.25, 0.3) is 0 Å². The summed E-state index contributed by atoms with van der Waals surface area (Å²) in [5.74, 6) is 1.05. The molecule has 0 radical (unpaired) electrons. The highest BCUT2D eigenvalue weighted by Crippen LogP contribution is 2.26. The number of benzene rings is 1. The molecular formula is C21H31N3O3. The first-order valence-electron chi connectivity index (χ1n) is 9.26. The van der Waals surface area contributed by atoms with E-state index < -0.39 is 0 Å². The minimum absolute atomic E-state index is 0.158. The van der Waals surface area contributed by atoms with Crippen LogP contribution in [0.1, 0.15) is 34.1 Å². The molecule has 0 aromatic heterocycles. The van der Waals surface area contributed by atoms with Crippen molar-refractivity contribution in [2.75, 3.05) is 32.1 Å². The Morgan fingerprint density at radius 3 is 2.48 bits per heavy atom. The van der Waals surface area contributed by atoms with E-state index in [-0.39, 0.29) is 23.4 Å². The van der Waals surface area contributed by atoms with Crippen molar-refractivity contribution in [1.29, 1.82) is 0 Å². The number of hydrogen-bond donors (Lipinski definition) is 1. The van der Waals surface area contributed by atoms with Gasteiger partial charge in [0.2, 0.25) is 5.91 Å². The summed E-state index contributed by atoms with van der Waals surface area (Å²) < 4.78 is 5.55. The Kier molecular flexibility index (Phi) is 6.52. The fourth-order valence-corrected chi connectivity index (χ4v) is 3.08. The molecule has 2 rings (SSSR count). The molecule has 1 saturated heterocycles. The Hall–Kier alpha value is -2.50. The van der Waals surface area contributed by atoms with Gasteiger partial charge in [-0.05, 0) is 57.5 Å². The van der Waals surface area contributed by atoms with Gasteiger partial charge in [0.25, 0.3) is 0 Å². The van der Waals surface area contributed by atoms with E-state index in [9.17, 15) is 9.59 Å². The lowest BCUT2D eigenvalue weighted by Gasteiger charge is -2.32. The highest BCUT2D eigenvalue weighted by molar-refractivity contribution is 5.89. The van der Waals surface area contributed by atoms with Crippen LogP contribution in [0.3, 0.4) is 0 Å². The molecule has 0 spiro atoms. The zero-order valence-corrected chi connectivity index (χ0v) is 17.0. The van der Waals surface area contributed by atoms with E-state index in [0.29, 0.717) is 31.8 Å². The number of ether oxygens (including phenoxy) is 1. The second kappa shape index (κ2) is 8.46. The number of nitrogens with zero attached hydrogens (tertiary/aromatic N) is 2. The van der Waals surface area contributed by atoms with Gasteiger partial charge in [-0.1, -0.05) is 6.58 Å². The summed E-state index contributed by atoms with van der Waals surface area (Å²) >= 11 is 0. The molecule has 1 aliphatic rings. The standard InChI is InChI=1S/C21H31N3O3/c1-15(2)14-27-18-9-7-17(8-10-18)22-20(26)23(6)12-16-11-19(25)24(13-16)21(3,4)5/h7-10,16H,1,11-14H2,2-6H3,(H,22,26)/t16-/m1/s1. The maximum Gasteiger partial charge on any atom is 0.321 e. The lowest BCUT2D eigenvalue weighted by Crippen LogP contribution is -2.43. The van der Waals surface area contributed by atoms with Crippen LogP contribution in [0.2, 0.25) is 0 Å². The molecule has 6 nitrogen and oxygen atoms in total. The first kappa shape index (κ1) is 20.8. The molecule has 1 heterocycles. The first-order chi connectivity index (χ1) is 12.6. The van der Waals surface area contributed by atoms with E-state index in [0.717, 1.165) is 11.3 Å². The van der Waals surface area contributed by atoms with Crippen LogP contribution >= 0.6 is 0 Å². The molecule has 27 heavy (non-hydrogen) atoms. The van der Waals surface area contributed by atoms with E-state index in [1.165, 1.54) is 0 Å². The van der Waals surface area contributed by atoms with Crippen molar-refractivity contribution >= 4 is 17.6 Å². The van der Waals surface area contributed by atoms with Gasteiger partial charge in [-0.25, -0.2) is 4.79 Å². The molecule has 148 valence electrons. The summed E-state index contributed by atoms with van der Waals surface area (Å²) in [6.07, 6.45) is 0.490. The topological polar surface area (TPSA) is 61.9 Å². The van der Waals surface area contributed by atoms with Gasteiger partial charge in [0.05, 0.1) is 0 Å². The van der Waals surface area contributed by atoms with Crippen LogP contribution in [0.5, 0.6) is 5.75 Å². The lowest BCUT2D eigenvalue weighted by atomic mass is 10.1. The summed E-state index contributed by atoms with van der Waals surface area (Å²) in [5, 5.41) is 2.88. The van der Waals surface area contributed by atoms with Gasteiger partial charge in [-0.2, -0.15) is 0 Å². The van der Waals surface area contributed by atoms with Gasteiger partial charge in [-0.15, -0.1) is 0 Å². The monoisotopic (exact) mass is 373 g/mol. The number of urea groups is 1. The molecule has 1 aliphatic heterocycles. The van der Waals surface area contributed by atoms with Gasteiger partial charge in [0, 0.05) is 43.7 Å². The third kappa shape index (κ3) is 6.01. The Morgan fingerprint density at radius 1 is 1.33 bits per heavy atom. The summed E-state index contributed by atoms with van der Waals surface area (Å²) in [6.45, 7) is 13.5. The van der Waals surface area contributed by atoms with Crippen molar-refractivity contribution in [3.8, 4) is 5.75 Å². The highest BCUT2D eigenvalue weighted by atomic mass is 16.5. The van der Waals surface area contributed by atoms with Crippen LogP contribution < -0.4 is 10.1 Å². The Balaban J connectivity index is 1.85. The van der Waals surface area contributed by atoms with Crippen molar-refractivity contribution in [2.24, 2.45) is 5.92 Å². The average Bonchev–Trinajstić information content (AvgIpc) is 2.94. The highest BCUT2D eigenvalue weighted by Gasteiger charge is 2.36. The number of likely N-dealkylation sites (tertiary alicyclic amines) is 1. The second-order valence-electron chi connectivity index (χ2n) is 8.33. The van der Waals surface area contributed by atoms with Gasteiger partial charge < -0.3 is 19.9 Å². The number of hydrogen-bond acceptors (Lipinski definition) is 3. The largest absolute Gasteiger partial charge is 0.489 e. The van der Waals surface area contributed by atoms with E-state index >= 15 is 0 Å². The number of anilines is 1. The number of rotatable bonds is 6. The summed E-state index contributed by atoms with van der Waals surface area (Å²) in [4.78, 5) is 28.2. The average molecular weight is 373 g/mol. The summed E-state index contributed by atoms with van der Waals surface area (Å²) in [6, 6.07) is 7.05. The molecule has 0 bridgehead atoms. The predicted molar refractivity (Wildman–Crippen MR) is 108 cm³/mol. The zero-order valence-electron chi connectivity index (χ0n) is 17.0. The molecule has 1 N–H and O–H groups in total. The Labute approximate surface area is 162 Å². The van der Waals surface area contributed by atoms with Gasteiger partial charge in [0.1, 0.15) is 12.4 Å². The van der Waals surface area contributed by atoms with Crippen molar-refractivity contribution in [1.82, 2.24) is 9.80 Å². The number of carbonyl (C=O) groups excluding carboxylic acids is 2. The molecule has 1 fully saturated rings. The smallest absolute Gasteiger partial charge is 0.321 e. The lowest BCUT2D eigenvalue weighted by molar-refractivity contribution is -0.131. The molecule has 6 heteroatoms. The Bertz CT molecular complexity index is 692. The van der Waals surface area contributed by atoms with Crippen LogP contribution in [0.15, 0.2) is 36.4 Å². The van der Waals surface area contributed by atoms with Crippen LogP contribution in [0.4, 0.5) is 10.5 Å². The quantitative estimate of drug-likeness (QED) is 0.773.